The first-order chi connectivity index (χ1) is 9.71. The first-order valence-corrected chi connectivity index (χ1v) is 8.30. The number of carboxylic acid groups (broad SMARTS) is 1. The highest BCUT2D eigenvalue weighted by molar-refractivity contribution is 7.92. The number of hydrogen-bond acceptors (Lipinski definition) is 7. The predicted octanol–water partition coefficient (Wildman–Crippen LogP) is -2.54. The number of hydrogen-bond donors (Lipinski definition) is 3. The van der Waals surface area contributed by atoms with E-state index in [9.17, 15) is 23.1 Å². The van der Waals surface area contributed by atoms with E-state index >= 15 is 0 Å². The monoisotopic (exact) mass is 320 g/mol. The van der Waals surface area contributed by atoms with Crippen LogP contribution in [0.25, 0.3) is 0 Å². The van der Waals surface area contributed by atoms with Crippen LogP contribution in [-0.2, 0) is 19.4 Å². The normalized spacial score (nSPS) is 21.0. The molecule has 0 aliphatic carbocycles. The van der Waals surface area contributed by atoms with Gasteiger partial charge in [-0.05, 0) is 25.3 Å². The summed E-state index contributed by atoms with van der Waals surface area (Å²) in [4.78, 5) is 25.8. The largest absolute Gasteiger partial charge is 0.862 e. The van der Waals surface area contributed by atoms with Crippen LogP contribution < -0.4 is 15.7 Å². The summed E-state index contributed by atoms with van der Waals surface area (Å²) in [5.74, 6) is -2.77. The molecule has 1 aliphatic rings. The SMILES string of the molecule is CS(=O)(=O)C(CC([O-])=NCNC(=O)[C@@H]1CCCN1)C(=O)O. The first-order valence-electron chi connectivity index (χ1n) is 6.35. The molecular weight excluding hydrogens is 302 g/mol. The van der Waals surface area contributed by atoms with E-state index in [4.69, 9.17) is 5.11 Å². The Hall–Kier alpha value is -1.68. The van der Waals surface area contributed by atoms with Crippen molar-refractivity contribution in [2.24, 2.45) is 4.99 Å². The fourth-order valence-electron chi connectivity index (χ4n) is 1.88. The van der Waals surface area contributed by atoms with Gasteiger partial charge in [-0.2, -0.15) is 0 Å². The third kappa shape index (κ3) is 5.68. The number of carbonyl (C=O) groups excluding carboxylic acids is 1. The lowest BCUT2D eigenvalue weighted by Crippen LogP contribution is -2.41. The van der Waals surface area contributed by atoms with E-state index in [1.165, 1.54) is 0 Å². The van der Waals surface area contributed by atoms with Crippen molar-refractivity contribution in [2.45, 2.75) is 30.6 Å². The summed E-state index contributed by atoms with van der Waals surface area (Å²) in [7, 11) is -3.89. The summed E-state index contributed by atoms with van der Waals surface area (Å²) in [6.07, 6.45) is 1.59. The highest BCUT2D eigenvalue weighted by Crippen LogP contribution is 2.06. The van der Waals surface area contributed by atoms with Crippen LogP contribution in [0, 0.1) is 0 Å². The van der Waals surface area contributed by atoms with Crippen LogP contribution in [0.2, 0.25) is 0 Å². The van der Waals surface area contributed by atoms with Crippen LogP contribution >= 0.6 is 0 Å². The summed E-state index contributed by atoms with van der Waals surface area (Å²) in [5, 5.41) is 23.8. The third-order valence-corrected chi connectivity index (χ3v) is 4.44. The molecule has 0 saturated carbocycles. The van der Waals surface area contributed by atoms with Crippen LogP contribution in [0.4, 0.5) is 0 Å². The predicted molar refractivity (Wildman–Crippen MR) is 72.4 cm³/mol. The topological polar surface area (TPSA) is 148 Å². The van der Waals surface area contributed by atoms with Crippen LogP contribution in [0.1, 0.15) is 19.3 Å². The van der Waals surface area contributed by atoms with Gasteiger partial charge in [-0.25, -0.2) is 8.42 Å². The van der Waals surface area contributed by atoms with Crippen LogP contribution in [-0.4, -0.2) is 62.1 Å². The van der Waals surface area contributed by atoms with Crippen LogP contribution in [0.3, 0.4) is 0 Å². The van der Waals surface area contributed by atoms with Crippen molar-refractivity contribution < 1.29 is 28.2 Å². The second-order valence-corrected chi connectivity index (χ2v) is 6.99. The number of nitrogens with zero attached hydrogens (tertiary/aromatic N) is 1. The van der Waals surface area contributed by atoms with E-state index < -0.39 is 33.4 Å². The second kappa shape index (κ2) is 7.36. The number of carboxylic acids is 1. The Labute approximate surface area is 122 Å². The lowest BCUT2D eigenvalue weighted by atomic mass is 10.2. The summed E-state index contributed by atoms with van der Waals surface area (Å²) in [6.45, 7) is 0.453. The van der Waals surface area contributed by atoms with Gasteiger partial charge in [0.25, 0.3) is 0 Å². The van der Waals surface area contributed by atoms with Gasteiger partial charge in [0.1, 0.15) is 6.67 Å². The molecule has 120 valence electrons. The average molecular weight is 320 g/mol. The molecule has 0 aromatic rings. The summed E-state index contributed by atoms with van der Waals surface area (Å²) in [5.41, 5.74) is 0. The van der Waals surface area contributed by atoms with Gasteiger partial charge in [-0.1, -0.05) is 0 Å². The maximum Gasteiger partial charge on any atom is 0.322 e. The summed E-state index contributed by atoms with van der Waals surface area (Å²) >= 11 is 0. The van der Waals surface area contributed by atoms with Gasteiger partial charge in [-0.15, -0.1) is 0 Å². The maximum atomic E-state index is 11.6. The number of aliphatic imine (C=N–C) groups is 1. The molecule has 10 heteroatoms. The molecule has 0 spiro atoms. The van der Waals surface area contributed by atoms with Crippen LogP contribution in [0.15, 0.2) is 4.99 Å². The Morgan fingerprint density at radius 2 is 2.19 bits per heavy atom. The van der Waals surface area contributed by atoms with E-state index in [2.05, 4.69) is 15.6 Å². The van der Waals surface area contributed by atoms with Crippen LogP contribution in [0.5, 0.6) is 0 Å². The number of rotatable bonds is 7. The molecule has 0 aromatic carbocycles. The second-order valence-electron chi connectivity index (χ2n) is 4.76. The molecule has 1 unspecified atom stereocenters. The van der Waals surface area contributed by atoms with Gasteiger partial charge in [0.15, 0.2) is 15.1 Å². The average Bonchev–Trinajstić information content (AvgIpc) is 2.87. The van der Waals surface area contributed by atoms with E-state index in [1.807, 2.05) is 0 Å². The Morgan fingerprint density at radius 3 is 2.67 bits per heavy atom. The quantitative estimate of drug-likeness (QED) is 0.345. The summed E-state index contributed by atoms with van der Waals surface area (Å²) < 4.78 is 22.4. The number of sulfone groups is 1. The molecule has 1 amide bonds. The molecule has 2 atom stereocenters. The van der Waals surface area contributed by atoms with Crippen molar-refractivity contribution >= 4 is 27.6 Å². The van der Waals surface area contributed by atoms with Gasteiger partial charge in [0.2, 0.25) is 5.91 Å². The lowest BCUT2D eigenvalue weighted by molar-refractivity contribution is -0.219. The van der Waals surface area contributed by atoms with E-state index in [1.54, 1.807) is 0 Å². The molecule has 3 N–H and O–H groups in total. The van der Waals surface area contributed by atoms with E-state index in [0.29, 0.717) is 6.42 Å². The minimum Gasteiger partial charge on any atom is -0.862 e. The van der Waals surface area contributed by atoms with E-state index in [0.717, 1.165) is 19.2 Å². The molecule has 1 heterocycles. The standard InChI is InChI=1S/C11H19N3O6S/c1-21(19,20)8(11(17)18)5-9(15)13-6-14-10(16)7-3-2-4-12-7/h7-8,12H,2-6H2,1H3,(H,13,15)(H,14,16)(H,17,18)/p-1/t7-,8?/m0/s1. The van der Waals surface area contributed by atoms with Crippen molar-refractivity contribution in [1.29, 1.82) is 0 Å². The van der Waals surface area contributed by atoms with Crippen molar-refractivity contribution in [1.82, 2.24) is 10.6 Å². The maximum absolute atomic E-state index is 11.6. The zero-order valence-electron chi connectivity index (χ0n) is 11.5. The Kier molecular flexibility index (Phi) is 6.09. The molecule has 9 nitrogen and oxygen atoms in total. The fraction of sp³-hybridized carbons (Fsp3) is 0.727. The van der Waals surface area contributed by atoms with E-state index in [-0.39, 0.29) is 18.6 Å². The number of amides is 1. The van der Waals surface area contributed by atoms with Gasteiger partial charge < -0.3 is 20.8 Å². The van der Waals surface area contributed by atoms with Crippen molar-refractivity contribution in [3.05, 3.63) is 0 Å². The molecule has 1 saturated heterocycles. The molecule has 0 bridgehead atoms. The van der Waals surface area contributed by atoms with Crippen molar-refractivity contribution in [2.75, 3.05) is 19.5 Å². The van der Waals surface area contributed by atoms with Gasteiger partial charge in [0, 0.05) is 12.7 Å². The van der Waals surface area contributed by atoms with Gasteiger partial charge in [-0.3, -0.25) is 14.6 Å². The molecule has 1 aliphatic heterocycles. The molecule has 1 rings (SSSR count). The fourth-order valence-corrected chi connectivity index (χ4v) is 2.69. The number of aliphatic carboxylic acids is 1. The zero-order valence-corrected chi connectivity index (χ0v) is 12.4. The zero-order chi connectivity index (χ0) is 16.0. The highest BCUT2D eigenvalue weighted by atomic mass is 32.2. The lowest BCUT2D eigenvalue weighted by Gasteiger charge is -2.16. The van der Waals surface area contributed by atoms with Crippen molar-refractivity contribution in [3.63, 3.8) is 0 Å². The number of nitrogens with one attached hydrogen (secondary N) is 2. The Balaban J connectivity index is 2.48. The molecule has 0 aromatic heterocycles. The summed E-state index contributed by atoms with van der Waals surface area (Å²) in [6, 6.07) is -0.307. The minimum atomic E-state index is -3.89. The molecule has 21 heavy (non-hydrogen) atoms. The van der Waals surface area contributed by atoms with Gasteiger partial charge >= 0.3 is 5.97 Å². The molecule has 0 radical (unpaired) electrons. The highest BCUT2D eigenvalue weighted by Gasteiger charge is 2.28. The number of carbonyl (C=O) groups is 2. The minimum absolute atomic E-state index is 0.290. The van der Waals surface area contributed by atoms with Crippen molar-refractivity contribution in [3.8, 4) is 0 Å². The Morgan fingerprint density at radius 1 is 1.52 bits per heavy atom. The Bertz CT molecular complexity index is 524. The smallest absolute Gasteiger partial charge is 0.322 e. The van der Waals surface area contributed by atoms with Gasteiger partial charge in [0.05, 0.1) is 6.04 Å². The molecular formula is C11H18N3O6S-. The first kappa shape index (κ1) is 17.4. The molecule has 1 fully saturated rings. The third-order valence-electron chi connectivity index (χ3n) is 3.04.